The van der Waals surface area contributed by atoms with Gasteiger partial charge < -0.3 is 15.4 Å². The van der Waals surface area contributed by atoms with E-state index in [0.29, 0.717) is 22.4 Å². The van der Waals surface area contributed by atoms with Gasteiger partial charge in [0.1, 0.15) is 12.6 Å². The zero-order valence-electron chi connectivity index (χ0n) is 16.6. The molecule has 2 N–H and O–H groups in total. The Kier molecular flexibility index (Phi) is 5.61. The number of aromatic nitrogens is 1. The number of hydrogen-bond acceptors (Lipinski definition) is 4. The van der Waals surface area contributed by atoms with Crippen molar-refractivity contribution >= 4 is 23.4 Å². The fraction of sp³-hybridized carbons (Fsp3) is 0.174. The Morgan fingerprint density at radius 1 is 1.23 bits per heavy atom. The fourth-order valence-electron chi connectivity index (χ4n) is 3.85. The topological polar surface area (TPSA) is 85.5 Å². The van der Waals surface area contributed by atoms with E-state index in [0.717, 1.165) is 6.07 Å². The van der Waals surface area contributed by atoms with Crippen LogP contribution < -0.4 is 10.5 Å². The SMILES string of the molecule is Cc1ncccc1C(=O)N([C@@H]1COc2c(F)cc(Cl)cc21)[C@@H](C(N)=O)c1ccccc1. The smallest absolute Gasteiger partial charge is 0.257 e. The normalized spacial score (nSPS) is 15.6. The van der Waals surface area contributed by atoms with Crippen LogP contribution in [0.3, 0.4) is 0 Å². The Balaban J connectivity index is 1.90. The highest BCUT2D eigenvalue weighted by Gasteiger charge is 2.42. The van der Waals surface area contributed by atoms with Gasteiger partial charge in [0.2, 0.25) is 5.91 Å². The van der Waals surface area contributed by atoms with E-state index in [-0.39, 0.29) is 17.4 Å². The first-order valence-corrected chi connectivity index (χ1v) is 9.96. The van der Waals surface area contributed by atoms with Crippen molar-refractivity contribution in [2.24, 2.45) is 5.73 Å². The molecule has 31 heavy (non-hydrogen) atoms. The third kappa shape index (κ3) is 3.84. The number of aryl methyl sites for hydroxylation is 1. The zero-order chi connectivity index (χ0) is 22.1. The molecule has 1 aliphatic rings. The maximum atomic E-state index is 14.4. The van der Waals surface area contributed by atoms with Gasteiger partial charge in [-0.15, -0.1) is 0 Å². The molecule has 4 rings (SSSR count). The molecule has 2 atom stereocenters. The molecule has 0 bridgehead atoms. The summed E-state index contributed by atoms with van der Waals surface area (Å²) < 4.78 is 20.0. The van der Waals surface area contributed by atoms with Crippen LogP contribution in [0, 0.1) is 12.7 Å². The lowest BCUT2D eigenvalue weighted by Gasteiger charge is -2.35. The summed E-state index contributed by atoms with van der Waals surface area (Å²) >= 11 is 6.08. The Morgan fingerprint density at radius 3 is 2.65 bits per heavy atom. The number of carbonyl (C=O) groups excluding carboxylic acids is 2. The number of fused-ring (bicyclic) bond motifs is 1. The van der Waals surface area contributed by atoms with Gasteiger partial charge in [-0.2, -0.15) is 0 Å². The first-order valence-electron chi connectivity index (χ1n) is 9.58. The van der Waals surface area contributed by atoms with Gasteiger partial charge >= 0.3 is 0 Å². The second-order valence-electron chi connectivity index (χ2n) is 7.20. The maximum absolute atomic E-state index is 14.4. The number of ether oxygens (including phenoxy) is 1. The Morgan fingerprint density at radius 2 is 1.97 bits per heavy atom. The highest BCUT2D eigenvalue weighted by atomic mass is 35.5. The van der Waals surface area contributed by atoms with E-state index in [1.54, 1.807) is 55.6 Å². The largest absolute Gasteiger partial charge is 0.488 e. The Labute approximate surface area is 183 Å². The molecular weight excluding hydrogens is 421 g/mol. The summed E-state index contributed by atoms with van der Waals surface area (Å²) in [7, 11) is 0. The van der Waals surface area contributed by atoms with Crippen LogP contribution in [0.4, 0.5) is 4.39 Å². The van der Waals surface area contributed by atoms with Gasteiger partial charge in [0.05, 0.1) is 11.6 Å². The predicted molar refractivity (Wildman–Crippen MR) is 113 cm³/mol. The zero-order valence-corrected chi connectivity index (χ0v) is 17.3. The van der Waals surface area contributed by atoms with Crippen molar-refractivity contribution in [2.75, 3.05) is 6.61 Å². The second-order valence-corrected chi connectivity index (χ2v) is 7.63. The minimum absolute atomic E-state index is 0.00592. The van der Waals surface area contributed by atoms with E-state index in [1.807, 2.05) is 0 Å². The summed E-state index contributed by atoms with van der Waals surface area (Å²) in [5.74, 6) is -1.83. The van der Waals surface area contributed by atoms with E-state index in [1.165, 1.54) is 11.0 Å². The average Bonchev–Trinajstić information content (AvgIpc) is 3.16. The Hall–Kier alpha value is -3.45. The molecule has 0 spiro atoms. The molecule has 2 aromatic carbocycles. The fourth-order valence-corrected chi connectivity index (χ4v) is 4.06. The van der Waals surface area contributed by atoms with Crippen LogP contribution in [-0.2, 0) is 4.79 Å². The van der Waals surface area contributed by atoms with Crippen molar-refractivity contribution in [3.05, 3.63) is 94.0 Å². The minimum Gasteiger partial charge on any atom is -0.488 e. The summed E-state index contributed by atoms with van der Waals surface area (Å²) in [6, 6.07) is 12.7. The van der Waals surface area contributed by atoms with E-state index in [4.69, 9.17) is 22.1 Å². The van der Waals surface area contributed by atoms with Crippen LogP contribution in [0.2, 0.25) is 5.02 Å². The van der Waals surface area contributed by atoms with Crippen LogP contribution >= 0.6 is 11.6 Å². The van der Waals surface area contributed by atoms with Gasteiger partial charge in [0.25, 0.3) is 5.91 Å². The van der Waals surface area contributed by atoms with E-state index in [9.17, 15) is 14.0 Å². The number of amides is 2. The third-order valence-corrected chi connectivity index (χ3v) is 5.47. The van der Waals surface area contributed by atoms with Crippen molar-refractivity contribution in [3.8, 4) is 5.75 Å². The average molecular weight is 440 g/mol. The molecule has 0 unspecified atom stereocenters. The number of halogens is 2. The third-order valence-electron chi connectivity index (χ3n) is 5.25. The van der Waals surface area contributed by atoms with Gasteiger partial charge in [0.15, 0.2) is 11.6 Å². The summed E-state index contributed by atoms with van der Waals surface area (Å²) in [5, 5.41) is 0.159. The number of pyridine rings is 1. The molecule has 2 amide bonds. The number of rotatable bonds is 5. The molecule has 0 saturated heterocycles. The molecular formula is C23H19ClFN3O3. The van der Waals surface area contributed by atoms with Crippen LogP contribution in [0.1, 0.15) is 39.3 Å². The van der Waals surface area contributed by atoms with Crippen molar-refractivity contribution < 1.29 is 18.7 Å². The first-order chi connectivity index (χ1) is 14.9. The summed E-state index contributed by atoms with van der Waals surface area (Å²) in [6.07, 6.45) is 1.57. The monoisotopic (exact) mass is 439 g/mol. The molecule has 0 saturated carbocycles. The van der Waals surface area contributed by atoms with Gasteiger partial charge in [-0.05, 0) is 36.8 Å². The molecule has 6 nitrogen and oxygen atoms in total. The second kappa shape index (κ2) is 8.35. The number of nitrogens with zero attached hydrogens (tertiary/aromatic N) is 2. The summed E-state index contributed by atoms with van der Waals surface area (Å²) in [4.78, 5) is 31.9. The molecule has 3 aromatic rings. The number of benzene rings is 2. The standard InChI is InChI=1S/C23H19ClFN3O3/c1-13-16(8-5-9-27-13)23(30)28(20(22(26)29)14-6-3-2-4-7-14)19-12-31-21-17(19)10-15(24)11-18(21)25/h2-11,19-20H,12H2,1H3,(H2,26,29)/t19-,20-/m1/s1. The number of hydrogen-bond donors (Lipinski definition) is 1. The molecule has 8 heteroatoms. The number of primary amides is 1. The highest BCUT2D eigenvalue weighted by Crippen LogP contribution is 2.43. The van der Waals surface area contributed by atoms with Crippen LogP contribution in [-0.4, -0.2) is 28.3 Å². The molecule has 1 aliphatic heterocycles. The van der Waals surface area contributed by atoms with Crippen molar-refractivity contribution in [1.29, 1.82) is 0 Å². The van der Waals surface area contributed by atoms with Crippen molar-refractivity contribution in [1.82, 2.24) is 9.88 Å². The van der Waals surface area contributed by atoms with Gasteiger partial charge in [-0.3, -0.25) is 14.6 Å². The molecule has 2 heterocycles. The van der Waals surface area contributed by atoms with Crippen molar-refractivity contribution in [2.45, 2.75) is 19.0 Å². The molecule has 0 aliphatic carbocycles. The van der Waals surface area contributed by atoms with Crippen LogP contribution in [0.5, 0.6) is 5.75 Å². The van der Waals surface area contributed by atoms with E-state index >= 15 is 0 Å². The van der Waals surface area contributed by atoms with Crippen LogP contribution in [0.15, 0.2) is 60.8 Å². The van der Waals surface area contributed by atoms with Crippen LogP contribution in [0.25, 0.3) is 0 Å². The quantitative estimate of drug-likeness (QED) is 0.651. The van der Waals surface area contributed by atoms with Crippen molar-refractivity contribution in [3.63, 3.8) is 0 Å². The number of carbonyl (C=O) groups is 2. The maximum Gasteiger partial charge on any atom is 0.257 e. The highest BCUT2D eigenvalue weighted by molar-refractivity contribution is 6.30. The lowest BCUT2D eigenvalue weighted by atomic mass is 9.97. The minimum atomic E-state index is -1.12. The molecule has 1 aromatic heterocycles. The first kappa shape index (κ1) is 20.8. The van der Waals surface area contributed by atoms with E-state index in [2.05, 4.69) is 4.98 Å². The molecule has 158 valence electrons. The van der Waals surface area contributed by atoms with Gasteiger partial charge in [-0.25, -0.2) is 4.39 Å². The van der Waals surface area contributed by atoms with Gasteiger partial charge in [-0.1, -0.05) is 41.9 Å². The van der Waals surface area contributed by atoms with Gasteiger partial charge in [0, 0.05) is 22.5 Å². The van der Waals surface area contributed by atoms with E-state index < -0.39 is 29.7 Å². The predicted octanol–water partition coefficient (Wildman–Crippen LogP) is 3.99. The lowest BCUT2D eigenvalue weighted by molar-refractivity contribution is -0.123. The summed E-state index contributed by atoms with van der Waals surface area (Å²) in [5.41, 5.74) is 7.48. The molecule has 0 fully saturated rings. The summed E-state index contributed by atoms with van der Waals surface area (Å²) in [6.45, 7) is 1.65. The lowest BCUT2D eigenvalue weighted by Crippen LogP contribution is -2.44. The Bertz CT molecular complexity index is 1160. The molecule has 0 radical (unpaired) electrons. The number of nitrogens with two attached hydrogens (primary N) is 1.